The predicted octanol–water partition coefficient (Wildman–Crippen LogP) is 0.204. The van der Waals surface area contributed by atoms with Crippen LogP contribution in [0.25, 0.3) is 22.7 Å². The van der Waals surface area contributed by atoms with Gasteiger partial charge < -0.3 is 4.98 Å². The van der Waals surface area contributed by atoms with Crippen LogP contribution in [0.3, 0.4) is 0 Å². The molecule has 0 atom stereocenters. The van der Waals surface area contributed by atoms with Crippen molar-refractivity contribution in [3.63, 3.8) is 0 Å². The van der Waals surface area contributed by atoms with Crippen LogP contribution in [0.4, 0.5) is 0 Å². The second kappa shape index (κ2) is 3.31. The standard InChI is InChI=1S/C10H5N7/c11-3-5-7-10(15-4-14-7)17-9-6(1-2-13-9)16-8(5)12/h1-2,4,12H,(H,13,14,15,17). The van der Waals surface area contributed by atoms with E-state index in [1.54, 1.807) is 12.3 Å². The van der Waals surface area contributed by atoms with Gasteiger partial charge in [-0.25, -0.2) is 19.9 Å². The first-order valence-electron chi connectivity index (χ1n) is 4.74. The minimum absolute atomic E-state index is 0.119. The lowest BCUT2D eigenvalue weighted by molar-refractivity contribution is 1.08. The van der Waals surface area contributed by atoms with Crippen LogP contribution < -0.4 is 5.49 Å². The summed E-state index contributed by atoms with van der Waals surface area (Å²) < 4.78 is 0. The van der Waals surface area contributed by atoms with Crippen molar-refractivity contribution in [2.75, 3.05) is 0 Å². The number of aromatic amines is 1. The Morgan fingerprint density at radius 2 is 2.18 bits per heavy atom. The highest BCUT2D eigenvalue weighted by Gasteiger charge is 2.10. The lowest BCUT2D eigenvalue weighted by Crippen LogP contribution is -2.10. The number of nitrogens with one attached hydrogen (secondary N) is 2. The average Bonchev–Trinajstić information content (AvgIpc) is 2.90. The fourth-order valence-electron chi connectivity index (χ4n) is 1.55. The molecular formula is C10H5N7. The van der Waals surface area contributed by atoms with Gasteiger partial charge in [0.05, 0.1) is 6.33 Å². The van der Waals surface area contributed by atoms with E-state index in [0.29, 0.717) is 22.7 Å². The maximum atomic E-state index is 9.05. The Labute approximate surface area is 94.7 Å². The van der Waals surface area contributed by atoms with Gasteiger partial charge in [-0.2, -0.15) is 5.26 Å². The van der Waals surface area contributed by atoms with Gasteiger partial charge in [0.25, 0.3) is 0 Å². The first-order chi connectivity index (χ1) is 8.29. The summed E-state index contributed by atoms with van der Waals surface area (Å²) >= 11 is 0. The van der Waals surface area contributed by atoms with Crippen molar-refractivity contribution in [2.24, 2.45) is 0 Å². The number of hydrogen-bond donors (Lipinski definition) is 2. The van der Waals surface area contributed by atoms with Gasteiger partial charge in [-0.1, -0.05) is 0 Å². The van der Waals surface area contributed by atoms with E-state index in [1.807, 2.05) is 6.07 Å². The summed E-state index contributed by atoms with van der Waals surface area (Å²) in [6, 6.07) is 3.57. The highest BCUT2D eigenvalue weighted by atomic mass is 15.0. The molecule has 0 saturated carbocycles. The van der Waals surface area contributed by atoms with Crippen molar-refractivity contribution in [2.45, 2.75) is 0 Å². The lowest BCUT2D eigenvalue weighted by Gasteiger charge is -1.93. The molecule has 1 aromatic heterocycles. The first kappa shape index (κ1) is 9.35. The third kappa shape index (κ3) is 1.32. The highest BCUT2D eigenvalue weighted by molar-refractivity contribution is 5.77. The Morgan fingerprint density at radius 3 is 3.00 bits per heavy atom. The number of fused-ring (bicyclic) bond motifs is 2. The van der Waals surface area contributed by atoms with Gasteiger partial charge in [-0.15, -0.1) is 0 Å². The molecule has 0 unspecified atom stereocenters. The number of nitriles is 1. The summed E-state index contributed by atoms with van der Waals surface area (Å²) in [7, 11) is 0. The molecule has 0 saturated heterocycles. The molecule has 2 aliphatic rings. The molecule has 3 rings (SSSR count). The van der Waals surface area contributed by atoms with Crippen LogP contribution in [0.5, 0.6) is 0 Å². The van der Waals surface area contributed by atoms with E-state index in [1.165, 1.54) is 6.33 Å². The van der Waals surface area contributed by atoms with Crippen LogP contribution >= 0.6 is 0 Å². The van der Waals surface area contributed by atoms with Crippen molar-refractivity contribution >= 4 is 11.2 Å². The topological polar surface area (TPSA) is 115 Å². The zero-order valence-corrected chi connectivity index (χ0v) is 8.47. The first-order valence-corrected chi connectivity index (χ1v) is 4.74. The van der Waals surface area contributed by atoms with Gasteiger partial charge >= 0.3 is 0 Å². The average molecular weight is 223 g/mol. The molecule has 17 heavy (non-hydrogen) atoms. The maximum absolute atomic E-state index is 9.05. The Morgan fingerprint density at radius 1 is 1.29 bits per heavy atom. The molecule has 3 heterocycles. The van der Waals surface area contributed by atoms with Gasteiger partial charge in [0.15, 0.2) is 17.0 Å². The molecule has 2 N–H and O–H groups in total. The number of imidazole rings is 1. The summed E-state index contributed by atoms with van der Waals surface area (Å²) in [4.78, 5) is 19.0. The fraction of sp³-hybridized carbons (Fsp3) is 0. The molecule has 0 amide bonds. The molecule has 0 radical (unpaired) electrons. The van der Waals surface area contributed by atoms with Crippen LogP contribution in [0.15, 0.2) is 18.6 Å². The lowest BCUT2D eigenvalue weighted by atomic mass is 10.3. The number of hydrogen-bond acceptors (Lipinski definition) is 6. The van der Waals surface area contributed by atoms with E-state index in [2.05, 4.69) is 24.9 Å². The molecule has 7 heteroatoms. The van der Waals surface area contributed by atoms with E-state index in [4.69, 9.17) is 10.7 Å². The van der Waals surface area contributed by atoms with E-state index < -0.39 is 0 Å². The van der Waals surface area contributed by atoms with Crippen LogP contribution in [-0.2, 0) is 0 Å². The predicted molar refractivity (Wildman–Crippen MR) is 56.7 cm³/mol. The van der Waals surface area contributed by atoms with Crippen molar-refractivity contribution in [1.29, 1.82) is 10.7 Å². The van der Waals surface area contributed by atoms with Gasteiger partial charge in [0, 0.05) is 6.20 Å². The Bertz CT molecular complexity index is 783. The van der Waals surface area contributed by atoms with Gasteiger partial charge in [-0.05, 0) is 6.07 Å². The molecule has 0 aliphatic carbocycles. The van der Waals surface area contributed by atoms with Crippen LogP contribution in [0.2, 0.25) is 0 Å². The molecule has 1 aromatic rings. The van der Waals surface area contributed by atoms with E-state index in [9.17, 15) is 0 Å². The van der Waals surface area contributed by atoms with Crippen molar-refractivity contribution in [3.05, 3.63) is 29.6 Å². The van der Waals surface area contributed by atoms with Gasteiger partial charge in [-0.3, -0.25) is 5.41 Å². The zero-order chi connectivity index (χ0) is 11.8. The van der Waals surface area contributed by atoms with Crippen molar-refractivity contribution in [1.82, 2.24) is 24.9 Å². The largest absolute Gasteiger partial charge is 0.342 e. The molecule has 0 fully saturated rings. The highest BCUT2D eigenvalue weighted by Crippen LogP contribution is 2.14. The third-order valence-corrected chi connectivity index (χ3v) is 2.32. The van der Waals surface area contributed by atoms with Crippen molar-refractivity contribution in [3.8, 4) is 17.6 Å². The van der Waals surface area contributed by atoms with Gasteiger partial charge in [0.1, 0.15) is 22.8 Å². The van der Waals surface area contributed by atoms with Crippen molar-refractivity contribution < 1.29 is 0 Å². The van der Waals surface area contributed by atoms with Crippen LogP contribution in [0, 0.1) is 16.7 Å². The van der Waals surface area contributed by atoms with E-state index in [-0.39, 0.29) is 11.1 Å². The third-order valence-electron chi connectivity index (χ3n) is 2.32. The second-order valence-corrected chi connectivity index (χ2v) is 3.31. The summed E-state index contributed by atoms with van der Waals surface area (Å²) in [5.74, 6) is 0.403. The number of nitrogens with zero attached hydrogens (tertiary/aromatic N) is 5. The summed E-state index contributed by atoms with van der Waals surface area (Å²) in [5.41, 5.74) is 1.21. The Kier molecular flexibility index (Phi) is 1.82. The van der Waals surface area contributed by atoms with Crippen LogP contribution in [-0.4, -0.2) is 24.9 Å². The molecule has 0 spiro atoms. The number of aromatic nitrogens is 5. The summed E-state index contributed by atoms with van der Waals surface area (Å²) in [5, 5.41) is 16.8. The minimum Gasteiger partial charge on any atom is -0.342 e. The monoisotopic (exact) mass is 223 g/mol. The van der Waals surface area contributed by atoms with Gasteiger partial charge in [0.2, 0.25) is 0 Å². The maximum Gasteiger partial charge on any atom is 0.181 e. The van der Waals surface area contributed by atoms with E-state index in [0.717, 1.165) is 0 Å². The normalized spacial score (nSPS) is 10.5. The minimum atomic E-state index is -0.123. The molecule has 80 valence electrons. The second-order valence-electron chi connectivity index (χ2n) is 3.31. The fourth-order valence-corrected chi connectivity index (χ4v) is 1.55. The number of rotatable bonds is 0. The SMILES string of the molecule is N#Cc1c(=N)nc2ccnc-2nc2nc[nH]c12. The smallest absolute Gasteiger partial charge is 0.181 e. The quantitative estimate of drug-likeness (QED) is 0.565. The summed E-state index contributed by atoms with van der Waals surface area (Å²) in [6.45, 7) is 0. The molecule has 0 bridgehead atoms. The Balaban J connectivity index is 2.63. The molecular weight excluding hydrogens is 218 g/mol. The summed E-state index contributed by atoms with van der Waals surface area (Å²) in [6.07, 6.45) is 2.97. The van der Waals surface area contributed by atoms with Crippen LogP contribution in [0.1, 0.15) is 5.56 Å². The number of H-pyrrole nitrogens is 1. The Hall–Kier alpha value is -2.88. The molecule has 0 aromatic carbocycles. The van der Waals surface area contributed by atoms with E-state index >= 15 is 0 Å². The molecule has 7 nitrogen and oxygen atoms in total. The zero-order valence-electron chi connectivity index (χ0n) is 8.47. The molecule has 2 aliphatic heterocycles.